The van der Waals surface area contributed by atoms with Gasteiger partial charge in [-0.05, 0) is 25.6 Å². The Morgan fingerprint density at radius 1 is 1.18 bits per heavy atom. The molecule has 0 saturated carbocycles. The maximum Gasteiger partial charge on any atom is 1.00 e. The maximum atomic E-state index is 11.1. The molecule has 28 heavy (non-hydrogen) atoms. The summed E-state index contributed by atoms with van der Waals surface area (Å²) < 4.78 is 27.7. The van der Waals surface area contributed by atoms with Crippen LogP contribution in [0.15, 0.2) is 24.3 Å². The third-order valence-corrected chi connectivity index (χ3v) is 7.45. The Labute approximate surface area is 207 Å². The van der Waals surface area contributed by atoms with Gasteiger partial charge in [0, 0.05) is 25.1 Å². The van der Waals surface area contributed by atoms with Crippen LogP contribution >= 0.6 is 15.2 Å². The molecule has 10 nitrogen and oxygen atoms in total. The Morgan fingerprint density at radius 2 is 1.75 bits per heavy atom. The fourth-order valence-electron chi connectivity index (χ4n) is 2.10. The molecule has 148 valence electrons. The molecule has 0 aromatic heterocycles. The summed E-state index contributed by atoms with van der Waals surface area (Å²) in [5, 5.41) is 6.05. The number of hydrogen-bond acceptors (Lipinski definition) is 8. The summed E-state index contributed by atoms with van der Waals surface area (Å²) in [6.45, 7) is 0.403. The number of aliphatic hydroxyl groups is 1. The molecule has 0 bridgehead atoms. The van der Waals surface area contributed by atoms with Crippen LogP contribution in [0.1, 0.15) is 23.2 Å². The zero-order valence-corrected chi connectivity index (χ0v) is 21.8. The molecule has 0 radical (unpaired) electrons. The number of ether oxygens (including phenoxy) is 1. The Kier molecular flexibility index (Phi) is 14.8. The van der Waals surface area contributed by atoms with Crippen LogP contribution in [-0.2, 0) is 9.13 Å². The number of aldehydes is 1. The first-order valence-corrected chi connectivity index (χ1v) is 10.7. The summed E-state index contributed by atoms with van der Waals surface area (Å²) in [6, 6.07) is 6.53. The molecule has 0 amide bonds. The first kappa shape index (κ1) is 31.1. The van der Waals surface area contributed by atoms with Crippen LogP contribution in [0.2, 0.25) is 0 Å². The number of benzene rings is 1. The minimum absolute atomic E-state index is 0. The van der Waals surface area contributed by atoms with Gasteiger partial charge in [0.25, 0.3) is 0 Å². The number of nitrogens with zero attached hydrogens (tertiary/aromatic N) is 1. The van der Waals surface area contributed by atoms with Crippen LogP contribution < -0.4 is 73.6 Å². The van der Waals surface area contributed by atoms with Crippen LogP contribution in [0.4, 0.5) is 0 Å². The summed E-state index contributed by atoms with van der Waals surface area (Å²) in [5.74, 6) is 0.506. The molecular weight excluding hydrogens is 434 g/mol. The Balaban J connectivity index is 0. The quantitative estimate of drug-likeness (QED) is 0.126. The van der Waals surface area contributed by atoms with Crippen LogP contribution in [0.5, 0.6) is 5.75 Å². The van der Waals surface area contributed by atoms with E-state index in [0.29, 0.717) is 30.6 Å². The SMILES string of the molecule is CN(CCCOc1cccc(C=O)c1)CCC(O)(P(=O)([O-])O)P(=O)([O-])O.[Na+].[Na+]. The second kappa shape index (κ2) is 13.3. The molecule has 3 N–H and O–H groups in total. The zero-order chi connectivity index (χ0) is 20.0. The second-order valence-corrected chi connectivity index (χ2v) is 9.67. The van der Waals surface area contributed by atoms with Gasteiger partial charge in [-0.2, -0.15) is 0 Å². The van der Waals surface area contributed by atoms with Gasteiger partial charge in [-0.25, -0.2) is 0 Å². The number of hydrogen-bond donors (Lipinski definition) is 3. The number of rotatable bonds is 11. The molecule has 0 aliphatic rings. The van der Waals surface area contributed by atoms with Gasteiger partial charge >= 0.3 is 59.1 Å². The molecule has 0 spiro atoms. The fourth-order valence-corrected chi connectivity index (χ4v) is 4.14. The molecule has 0 fully saturated rings. The van der Waals surface area contributed by atoms with E-state index in [1.807, 2.05) is 0 Å². The van der Waals surface area contributed by atoms with Gasteiger partial charge in [0.05, 0.1) is 6.61 Å². The van der Waals surface area contributed by atoms with E-state index in [1.54, 1.807) is 24.3 Å². The van der Waals surface area contributed by atoms with E-state index in [1.165, 1.54) is 11.9 Å². The number of carbonyl (C=O) groups excluding carboxylic acids is 1. The van der Waals surface area contributed by atoms with Gasteiger partial charge in [0.1, 0.15) is 12.0 Å². The van der Waals surface area contributed by atoms with Gasteiger partial charge in [0.2, 0.25) is 0 Å². The van der Waals surface area contributed by atoms with E-state index in [9.17, 15) is 28.8 Å². The monoisotopic (exact) mass is 455 g/mol. The summed E-state index contributed by atoms with van der Waals surface area (Å²) in [7, 11) is -9.95. The van der Waals surface area contributed by atoms with Crippen molar-refractivity contribution in [3.63, 3.8) is 0 Å². The van der Waals surface area contributed by atoms with Gasteiger partial charge in [-0.1, -0.05) is 12.1 Å². The largest absolute Gasteiger partial charge is 1.00 e. The standard InChI is InChI=1S/C14H23NO9P2.2Na/c1-15(8-6-14(17,25(18,19)20)26(21,22)23)7-3-9-24-13-5-2-4-12(10-13)11-16;;/h2,4-5,10-11,17H,3,6-9H2,1H3,(H2,18,19,20)(H2,21,22,23);;/q;2*+1/p-2. The van der Waals surface area contributed by atoms with Gasteiger partial charge in [0.15, 0.2) is 20.3 Å². The van der Waals surface area contributed by atoms with Crippen molar-refractivity contribution in [1.29, 1.82) is 0 Å². The van der Waals surface area contributed by atoms with Crippen molar-refractivity contribution in [2.75, 3.05) is 26.7 Å². The summed E-state index contributed by atoms with van der Waals surface area (Å²) in [4.78, 5) is 52.3. The fraction of sp³-hybridized carbons (Fsp3) is 0.500. The van der Waals surface area contributed by atoms with Crippen LogP contribution in [-0.4, -0.2) is 57.9 Å². The van der Waals surface area contributed by atoms with Gasteiger partial charge in [-0.15, -0.1) is 0 Å². The van der Waals surface area contributed by atoms with Gasteiger partial charge < -0.3 is 43.4 Å². The minimum Gasteiger partial charge on any atom is -0.776 e. The van der Waals surface area contributed by atoms with E-state index in [2.05, 4.69) is 0 Å². The molecule has 1 aromatic carbocycles. The molecule has 0 aliphatic carbocycles. The summed E-state index contributed by atoms with van der Waals surface area (Å²) in [5.41, 5.74) is 0.469. The van der Waals surface area contributed by atoms with Crippen LogP contribution in [0.25, 0.3) is 0 Å². The molecule has 1 aromatic rings. The molecule has 14 heteroatoms. The molecule has 0 aliphatic heterocycles. The smallest absolute Gasteiger partial charge is 0.776 e. The third-order valence-electron chi connectivity index (χ3n) is 3.68. The van der Waals surface area contributed by atoms with Crippen molar-refractivity contribution in [2.45, 2.75) is 17.9 Å². The van der Waals surface area contributed by atoms with Crippen molar-refractivity contribution in [3.05, 3.63) is 29.8 Å². The summed E-state index contributed by atoms with van der Waals surface area (Å²) >= 11 is 0. The molecule has 2 atom stereocenters. The maximum absolute atomic E-state index is 11.1. The van der Waals surface area contributed by atoms with E-state index in [-0.39, 0.29) is 72.3 Å². The van der Waals surface area contributed by atoms with Crippen molar-refractivity contribution in [1.82, 2.24) is 4.90 Å². The van der Waals surface area contributed by atoms with E-state index >= 15 is 0 Å². The zero-order valence-electron chi connectivity index (χ0n) is 16.1. The molecule has 0 saturated heterocycles. The first-order chi connectivity index (χ1) is 11.9. The van der Waals surface area contributed by atoms with Crippen molar-refractivity contribution < 1.29 is 102 Å². The molecule has 1 rings (SSSR count). The average Bonchev–Trinajstić information content (AvgIpc) is 2.54. The van der Waals surface area contributed by atoms with Crippen molar-refractivity contribution in [2.24, 2.45) is 0 Å². The second-order valence-electron chi connectivity index (χ2n) is 5.76. The predicted molar refractivity (Wildman–Crippen MR) is 88.7 cm³/mol. The Bertz CT molecular complexity index is 688. The predicted octanol–water partition coefficient (Wildman–Crippen LogP) is -6.66. The number of carbonyl (C=O) groups is 1. The normalized spacial score (nSPS) is 17.2. The first-order valence-electron chi connectivity index (χ1n) is 7.57. The van der Waals surface area contributed by atoms with Crippen molar-refractivity contribution >= 4 is 21.5 Å². The summed E-state index contributed by atoms with van der Waals surface area (Å²) in [6.07, 6.45) is 0.246. The van der Waals surface area contributed by atoms with Crippen LogP contribution in [0, 0.1) is 0 Å². The topological polar surface area (TPSA) is 170 Å². The van der Waals surface area contributed by atoms with Crippen molar-refractivity contribution in [3.8, 4) is 5.75 Å². The Morgan fingerprint density at radius 3 is 2.25 bits per heavy atom. The molecule has 2 unspecified atom stereocenters. The van der Waals surface area contributed by atoms with Gasteiger partial charge in [-0.3, -0.25) is 4.79 Å². The van der Waals surface area contributed by atoms with E-state index in [4.69, 9.17) is 14.5 Å². The Hall–Kier alpha value is 0.910. The third kappa shape index (κ3) is 9.37. The minimum atomic E-state index is -5.74. The van der Waals surface area contributed by atoms with Crippen LogP contribution in [0.3, 0.4) is 0 Å². The average molecular weight is 455 g/mol. The molecule has 0 heterocycles. The molecular formula is C14H21NNa2O9P2. The van der Waals surface area contributed by atoms with E-state index < -0.39 is 26.7 Å². The van der Waals surface area contributed by atoms with E-state index in [0.717, 1.165) is 0 Å².